The summed E-state index contributed by atoms with van der Waals surface area (Å²) in [6.07, 6.45) is 1.36. The lowest BCUT2D eigenvalue weighted by atomic mass is 10.0. The van der Waals surface area contributed by atoms with Crippen molar-refractivity contribution in [1.29, 1.82) is 0 Å². The maximum absolute atomic E-state index is 12.2. The maximum Gasteiger partial charge on any atom is 0.224 e. The van der Waals surface area contributed by atoms with Crippen molar-refractivity contribution in [3.63, 3.8) is 0 Å². The lowest BCUT2D eigenvalue weighted by Gasteiger charge is -2.26. The number of carbonyl (C=O) groups is 1. The SMILES string of the molecule is O=C(Cc1ccccc1)N[C@@H]1CCSc2ccc(Cl)cc21. The Morgan fingerprint density at radius 1 is 1.24 bits per heavy atom. The molecule has 0 aromatic heterocycles. The second-order valence-corrected chi connectivity index (χ2v) is 6.67. The van der Waals surface area contributed by atoms with Gasteiger partial charge >= 0.3 is 0 Å². The average molecular weight is 318 g/mol. The van der Waals surface area contributed by atoms with Crippen molar-refractivity contribution < 1.29 is 4.79 Å². The summed E-state index contributed by atoms with van der Waals surface area (Å²) in [5.41, 5.74) is 2.17. The molecular formula is C17H16ClNOS. The van der Waals surface area contributed by atoms with E-state index in [0.29, 0.717) is 6.42 Å². The second kappa shape index (κ2) is 6.54. The van der Waals surface area contributed by atoms with E-state index in [9.17, 15) is 4.79 Å². The van der Waals surface area contributed by atoms with Crippen molar-refractivity contribution in [3.05, 3.63) is 64.7 Å². The molecule has 0 spiro atoms. The van der Waals surface area contributed by atoms with Crippen LogP contribution in [0.1, 0.15) is 23.6 Å². The normalized spacial score (nSPS) is 17.1. The van der Waals surface area contributed by atoms with E-state index < -0.39 is 0 Å². The number of rotatable bonds is 3. The van der Waals surface area contributed by atoms with Gasteiger partial charge in [-0.05, 0) is 35.7 Å². The minimum Gasteiger partial charge on any atom is -0.349 e. The first-order chi connectivity index (χ1) is 10.2. The molecule has 1 N–H and O–H groups in total. The molecule has 21 heavy (non-hydrogen) atoms. The zero-order valence-corrected chi connectivity index (χ0v) is 13.1. The molecule has 0 radical (unpaired) electrons. The summed E-state index contributed by atoms with van der Waals surface area (Å²) in [6.45, 7) is 0. The predicted octanol–water partition coefficient (Wildman–Crippen LogP) is 4.24. The summed E-state index contributed by atoms with van der Waals surface area (Å²) in [7, 11) is 0. The van der Waals surface area contributed by atoms with E-state index in [1.54, 1.807) is 0 Å². The van der Waals surface area contributed by atoms with Crippen LogP contribution in [-0.2, 0) is 11.2 Å². The number of halogens is 1. The van der Waals surface area contributed by atoms with Gasteiger partial charge in [0.1, 0.15) is 0 Å². The molecule has 1 atom stereocenters. The fourth-order valence-electron chi connectivity index (χ4n) is 2.54. The van der Waals surface area contributed by atoms with Crippen LogP contribution >= 0.6 is 23.4 Å². The van der Waals surface area contributed by atoms with Crippen molar-refractivity contribution in [2.24, 2.45) is 0 Å². The summed E-state index contributed by atoms with van der Waals surface area (Å²) in [4.78, 5) is 13.4. The Kier molecular flexibility index (Phi) is 4.51. The van der Waals surface area contributed by atoms with E-state index in [2.05, 4.69) is 5.32 Å². The van der Waals surface area contributed by atoms with Crippen molar-refractivity contribution in [2.45, 2.75) is 23.8 Å². The lowest BCUT2D eigenvalue weighted by Crippen LogP contribution is -2.31. The molecule has 2 nitrogen and oxygen atoms in total. The van der Waals surface area contributed by atoms with E-state index >= 15 is 0 Å². The third-order valence-electron chi connectivity index (χ3n) is 3.55. The Balaban J connectivity index is 1.71. The summed E-state index contributed by atoms with van der Waals surface area (Å²) in [5.74, 6) is 1.08. The van der Waals surface area contributed by atoms with Gasteiger partial charge in [-0.1, -0.05) is 41.9 Å². The van der Waals surface area contributed by atoms with Crippen LogP contribution in [0.3, 0.4) is 0 Å². The Labute approximate surface area is 133 Å². The molecule has 0 unspecified atom stereocenters. The Morgan fingerprint density at radius 2 is 2.05 bits per heavy atom. The standard InChI is InChI=1S/C17H16ClNOS/c18-13-6-7-16-14(11-13)15(8-9-21-16)19-17(20)10-12-4-2-1-3-5-12/h1-7,11,15H,8-10H2,(H,19,20)/t15-/m1/s1. The third-order valence-corrected chi connectivity index (χ3v) is 4.91. The first-order valence-electron chi connectivity index (χ1n) is 6.98. The number of fused-ring (bicyclic) bond motifs is 1. The summed E-state index contributed by atoms with van der Waals surface area (Å²) < 4.78 is 0. The van der Waals surface area contributed by atoms with Gasteiger partial charge in [-0.25, -0.2) is 0 Å². The van der Waals surface area contributed by atoms with E-state index in [4.69, 9.17) is 11.6 Å². The van der Waals surface area contributed by atoms with Crippen LogP contribution in [-0.4, -0.2) is 11.7 Å². The molecular weight excluding hydrogens is 302 g/mol. The summed E-state index contributed by atoms with van der Waals surface area (Å²) in [5, 5.41) is 3.86. The van der Waals surface area contributed by atoms with E-state index in [-0.39, 0.29) is 11.9 Å². The summed E-state index contributed by atoms with van der Waals surface area (Å²) >= 11 is 7.91. The van der Waals surface area contributed by atoms with Crippen LogP contribution in [0, 0.1) is 0 Å². The van der Waals surface area contributed by atoms with Gasteiger partial charge in [0, 0.05) is 15.7 Å². The molecule has 0 aliphatic carbocycles. The number of benzene rings is 2. The molecule has 0 saturated heterocycles. The highest BCUT2D eigenvalue weighted by Gasteiger charge is 2.22. The highest BCUT2D eigenvalue weighted by molar-refractivity contribution is 7.99. The van der Waals surface area contributed by atoms with Gasteiger partial charge in [0.15, 0.2) is 0 Å². The molecule has 3 rings (SSSR count). The quantitative estimate of drug-likeness (QED) is 0.917. The Morgan fingerprint density at radius 3 is 2.86 bits per heavy atom. The van der Waals surface area contributed by atoms with Gasteiger partial charge in [0.25, 0.3) is 0 Å². The van der Waals surface area contributed by atoms with Gasteiger partial charge in [0.05, 0.1) is 12.5 Å². The predicted molar refractivity (Wildman–Crippen MR) is 87.8 cm³/mol. The fraction of sp³-hybridized carbons (Fsp3) is 0.235. The molecule has 108 valence electrons. The highest BCUT2D eigenvalue weighted by atomic mass is 35.5. The molecule has 0 bridgehead atoms. The first kappa shape index (κ1) is 14.5. The monoisotopic (exact) mass is 317 g/mol. The first-order valence-corrected chi connectivity index (χ1v) is 8.34. The average Bonchev–Trinajstić information content (AvgIpc) is 2.49. The third kappa shape index (κ3) is 3.60. The number of carbonyl (C=O) groups excluding carboxylic acids is 1. The molecule has 2 aromatic rings. The van der Waals surface area contributed by atoms with Gasteiger partial charge in [0.2, 0.25) is 5.91 Å². The fourth-order valence-corrected chi connectivity index (χ4v) is 3.83. The van der Waals surface area contributed by atoms with Gasteiger partial charge < -0.3 is 5.32 Å². The molecule has 0 saturated carbocycles. The minimum atomic E-state index is 0.0593. The second-order valence-electron chi connectivity index (χ2n) is 5.10. The molecule has 1 aliphatic rings. The van der Waals surface area contributed by atoms with Gasteiger partial charge in [-0.2, -0.15) is 0 Å². The van der Waals surface area contributed by atoms with Gasteiger partial charge in [-0.3, -0.25) is 4.79 Å². The van der Waals surface area contributed by atoms with Gasteiger partial charge in [-0.15, -0.1) is 11.8 Å². The van der Waals surface area contributed by atoms with E-state index in [1.807, 2.05) is 60.3 Å². The highest BCUT2D eigenvalue weighted by Crippen LogP contribution is 2.37. The molecule has 1 aliphatic heterocycles. The number of nitrogens with one attached hydrogen (secondary N) is 1. The number of amides is 1. The zero-order chi connectivity index (χ0) is 14.7. The van der Waals surface area contributed by atoms with Crippen LogP contribution in [0.5, 0.6) is 0 Å². The number of hydrogen-bond donors (Lipinski definition) is 1. The maximum atomic E-state index is 12.2. The van der Waals surface area contributed by atoms with Crippen LogP contribution in [0.4, 0.5) is 0 Å². The largest absolute Gasteiger partial charge is 0.349 e. The molecule has 1 heterocycles. The number of thioether (sulfide) groups is 1. The van der Waals surface area contributed by atoms with Crippen molar-refractivity contribution in [2.75, 3.05) is 5.75 Å². The molecule has 0 fully saturated rings. The zero-order valence-electron chi connectivity index (χ0n) is 11.5. The summed E-state index contributed by atoms with van der Waals surface area (Å²) in [6, 6.07) is 15.8. The van der Waals surface area contributed by atoms with E-state index in [1.165, 1.54) is 4.90 Å². The van der Waals surface area contributed by atoms with Crippen LogP contribution < -0.4 is 5.32 Å². The topological polar surface area (TPSA) is 29.1 Å². The molecule has 1 amide bonds. The van der Waals surface area contributed by atoms with Crippen molar-refractivity contribution in [1.82, 2.24) is 5.32 Å². The van der Waals surface area contributed by atoms with Crippen molar-refractivity contribution >= 4 is 29.3 Å². The lowest BCUT2D eigenvalue weighted by molar-refractivity contribution is -0.121. The molecule has 2 aromatic carbocycles. The van der Waals surface area contributed by atoms with Crippen LogP contribution in [0.15, 0.2) is 53.4 Å². The van der Waals surface area contributed by atoms with Crippen molar-refractivity contribution in [3.8, 4) is 0 Å². The smallest absolute Gasteiger partial charge is 0.224 e. The van der Waals surface area contributed by atoms with Crippen LogP contribution in [0.25, 0.3) is 0 Å². The Hall–Kier alpha value is -1.45. The number of hydrogen-bond acceptors (Lipinski definition) is 2. The Bertz CT molecular complexity index is 644. The molecule has 4 heteroatoms. The van der Waals surface area contributed by atoms with E-state index in [0.717, 1.165) is 28.3 Å². The minimum absolute atomic E-state index is 0.0593. The van der Waals surface area contributed by atoms with Crippen LogP contribution in [0.2, 0.25) is 5.02 Å².